The summed E-state index contributed by atoms with van der Waals surface area (Å²) in [6, 6.07) is 17.3. The first-order valence-electron chi connectivity index (χ1n) is 9.70. The van der Waals surface area contributed by atoms with E-state index in [1.165, 1.54) is 11.8 Å². The van der Waals surface area contributed by atoms with E-state index in [0.29, 0.717) is 16.5 Å². The summed E-state index contributed by atoms with van der Waals surface area (Å²) in [5.41, 5.74) is 4.31. The summed E-state index contributed by atoms with van der Waals surface area (Å²) in [6.07, 6.45) is 0. The van der Waals surface area contributed by atoms with Crippen molar-refractivity contribution in [2.45, 2.75) is 19.0 Å². The van der Waals surface area contributed by atoms with Gasteiger partial charge < -0.3 is 14.0 Å². The van der Waals surface area contributed by atoms with Gasteiger partial charge in [0.2, 0.25) is 11.9 Å². The van der Waals surface area contributed by atoms with E-state index in [2.05, 4.69) is 15.5 Å². The highest BCUT2D eigenvalue weighted by Crippen LogP contribution is 2.35. The van der Waals surface area contributed by atoms with E-state index in [1.54, 1.807) is 4.68 Å². The quantitative estimate of drug-likeness (QED) is 0.338. The number of fused-ring (bicyclic) bond motifs is 1. The molecule has 0 fully saturated rings. The average molecular weight is 433 g/mol. The van der Waals surface area contributed by atoms with Crippen molar-refractivity contribution in [2.24, 2.45) is 0 Å². The molecular formula is C22H19N5O3S. The molecule has 0 amide bonds. The number of tetrazole rings is 1. The molecule has 0 atom stereocenters. The Hall–Kier alpha value is -3.59. The van der Waals surface area contributed by atoms with Crippen LogP contribution in [0.25, 0.3) is 11.4 Å². The minimum Gasteiger partial charge on any atom is -0.454 e. The van der Waals surface area contributed by atoms with E-state index in [4.69, 9.17) is 9.47 Å². The summed E-state index contributed by atoms with van der Waals surface area (Å²) in [5.74, 6) is 1.70. The van der Waals surface area contributed by atoms with Crippen LogP contribution in [-0.2, 0) is 0 Å². The third-order valence-electron chi connectivity index (χ3n) is 5.12. The van der Waals surface area contributed by atoms with Gasteiger partial charge in [0.1, 0.15) is 0 Å². The fourth-order valence-electron chi connectivity index (χ4n) is 3.67. The molecule has 31 heavy (non-hydrogen) atoms. The summed E-state index contributed by atoms with van der Waals surface area (Å²) in [5, 5.41) is 12.4. The van der Waals surface area contributed by atoms with Crippen LogP contribution in [0.4, 0.5) is 0 Å². The Kier molecular flexibility index (Phi) is 4.95. The highest BCUT2D eigenvalue weighted by Gasteiger charge is 2.20. The number of benzene rings is 2. The normalized spacial score (nSPS) is 12.3. The van der Waals surface area contributed by atoms with Crippen LogP contribution in [0.5, 0.6) is 11.5 Å². The number of Topliss-reactive ketones (excluding diaryl/α,β-unsaturated/α-hetero) is 1. The Morgan fingerprint density at radius 1 is 1.03 bits per heavy atom. The molecule has 2 aromatic heterocycles. The van der Waals surface area contributed by atoms with Crippen LogP contribution in [0, 0.1) is 13.8 Å². The standard InChI is InChI=1S/C22H19N5O3S/c1-14-10-18(15(2)26(14)17-8-9-20-21(11-17)30-13-29-20)19(28)12-31-22-23-24-25-27(22)16-6-4-3-5-7-16/h3-11H,12-13H2,1-2H3. The van der Waals surface area contributed by atoms with Gasteiger partial charge in [-0.05, 0) is 54.6 Å². The van der Waals surface area contributed by atoms with Gasteiger partial charge in [0.15, 0.2) is 17.3 Å². The van der Waals surface area contributed by atoms with Gasteiger partial charge in [-0.2, -0.15) is 4.68 Å². The summed E-state index contributed by atoms with van der Waals surface area (Å²) in [4.78, 5) is 13.0. The van der Waals surface area contributed by atoms with Crippen molar-refractivity contribution in [2.75, 3.05) is 12.5 Å². The molecule has 1 aliphatic heterocycles. The molecule has 5 rings (SSSR count). The van der Waals surface area contributed by atoms with Crippen molar-refractivity contribution in [3.63, 3.8) is 0 Å². The van der Waals surface area contributed by atoms with E-state index in [1.807, 2.05) is 73.0 Å². The molecule has 8 nitrogen and oxygen atoms in total. The lowest BCUT2D eigenvalue weighted by Crippen LogP contribution is -2.07. The first-order valence-corrected chi connectivity index (χ1v) is 10.7. The molecule has 0 spiro atoms. The van der Waals surface area contributed by atoms with E-state index in [-0.39, 0.29) is 18.3 Å². The minimum atomic E-state index is 0.0210. The first-order chi connectivity index (χ1) is 15.1. The summed E-state index contributed by atoms with van der Waals surface area (Å²) >= 11 is 1.32. The number of thioether (sulfide) groups is 1. The fraction of sp³-hybridized carbons (Fsp3) is 0.182. The van der Waals surface area contributed by atoms with Gasteiger partial charge in [0.05, 0.1) is 11.4 Å². The zero-order valence-corrected chi connectivity index (χ0v) is 17.8. The highest BCUT2D eigenvalue weighted by atomic mass is 32.2. The van der Waals surface area contributed by atoms with Crippen LogP contribution in [0.15, 0.2) is 59.8 Å². The number of hydrogen-bond donors (Lipinski definition) is 0. The largest absolute Gasteiger partial charge is 0.454 e. The Morgan fingerprint density at radius 2 is 1.84 bits per heavy atom. The Bertz CT molecular complexity index is 1270. The number of nitrogens with zero attached hydrogens (tertiary/aromatic N) is 5. The zero-order chi connectivity index (χ0) is 21.4. The lowest BCUT2D eigenvalue weighted by atomic mass is 10.2. The molecule has 0 radical (unpaired) electrons. The van der Waals surface area contributed by atoms with E-state index >= 15 is 0 Å². The molecule has 2 aromatic carbocycles. The molecule has 0 aliphatic carbocycles. The van der Waals surface area contributed by atoms with E-state index < -0.39 is 0 Å². The van der Waals surface area contributed by atoms with E-state index in [9.17, 15) is 4.79 Å². The summed E-state index contributed by atoms with van der Waals surface area (Å²) in [7, 11) is 0. The molecule has 0 unspecified atom stereocenters. The maximum absolute atomic E-state index is 13.0. The molecule has 9 heteroatoms. The Balaban J connectivity index is 1.37. The molecule has 156 valence electrons. The van der Waals surface area contributed by atoms with Crippen molar-refractivity contribution in [3.8, 4) is 22.9 Å². The number of carbonyl (C=O) groups is 1. The van der Waals surface area contributed by atoms with Crippen LogP contribution in [0.2, 0.25) is 0 Å². The smallest absolute Gasteiger partial charge is 0.231 e. The van der Waals surface area contributed by atoms with Crippen molar-refractivity contribution >= 4 is 17.5 Å². The number of carbonyl (C=O) groups excluding carboxylic acids is 1. The number of para-hydroxylation sites is 1. The Labute approximate surface area is 182 Å². The third kappa shape index (κ3) is 3.57. The molecule has 3 heterocycles. The molecular weight excluding hydrogens is 414 g/mol. The number of hydrogen-bond acceptors (Lipinski definition) is 7. The minimum absolute atomic E-state index is 0.0210. The SMILES string of the molecule is Cc1cc(C(=O)CSc2nnnn2-c2ccccc2)c(C)n1-c1ccc2c(c1)OCO2. The predicted molar refractivity (Wildman–Crippen MR) is 116 cm³/mol. The van der Waals surface area contributed by atoms with Gasteiger partial charge in [-0.25, -0.2) is 0 Å². The van der Waals surface area contributed by atoms with Gasteiger partial charge in [0.25, 0.3) is 0 Å². The second kappa shape index (κ2) is 7.92. The van der Waals surface area contributed by atoms with Crippen LogP contribution in [-0.4, -0.2) is 43.1 Å². The van der Waals surface area contributed by atoms with Crippen LogP contribution in [0.1, 0.15) is 21.7 Å². The first kappa shape index (κ1) is 19.4. The predicted octanol–water partition coefficient (Wildman–Crippen LogP) is 3.77. The maximum atomic E-state index is 13.0. The van der Waals surface area contributed by atoms with Gasteiger partial charge >= 0.3 is 0 Å². The lowest BCUT2D eigenvalue weighted by Gasteiger charge is -2.10. The van der Waals surface area contributed by atoms with Crippen LogP contribution >= 0.6 is 11.8 Å². The number of aryl methyl sites for hydroxylation is 1. The van der Waals surface area contributed by atoms with Crippen molar-refractivity contribution in [3.05, 3.63) is 71.5 Å². The number of ketones is 1. The second-order valence-corrected chi connectivity index (χ2v) is 8.02. The monoisotopic (exact) mass is 433 g/mol. The molecule has 4 aromatic rings. The number of rotatable bonds is 6. The number of ether oxygens (including phenoxy) is 2. The second-order valence-electron chi connectivity index (χ2n) is 7.08. The van der Waals surface area contributed by atoms with Crippen LogP contribution < -0.4 is 9.47 Å². The van der Waals surface area contributed by atoms with Gasteiger partial charge in [-0.1, -0.05) is 30.0 Å². The van der Waals surface area contributed by atoms with Crippen molar-refractivity contribution in [1.29, 1.82) is 0 Å². The van der Waals surface area contributed by atoms with Crippen molar-refractivity contribution < 1.29 is 14.3 Å². The summed E-state index contributed by atoms with van der Waals surface area (Å²) in [6.45, 7) is 4.16. The molecule has 0 bridgehead atoms. The molecule has 0 saturated heterocycles. The topological polar surface area (TPSA) is 84.1 Å². The zero-order valence-electron chi connectivity index (χ0n) is 17.0. The third-order valence-corrected chi connectivity index (χ3v) is 6.04. The van der Waals surface area contributed by atoms with Crippen molar-refractivity contribution in [1.82, 2.24) is 24.8 Å². The van der Waals surface area contributed by atoms with Gasteiger partial charge in [-0.15, -0.1) is 5.10 Å². The highest BCUT2D eigenvalue weighted by molar-refractivity contribution is 7.99. The van der Waals surface area contributed by atoms with Gasteiger partial charge in [-0.3, -0.25) is 4.79 Å². The fourth-order valence-corrected chi connectivity index (χ4v) is 4.45. The number of aromatic nitrogens is 5. The van der Waals surface area contributed by atoms with Crippen LogP contribution in [0.3, 0.4) is 0 Å². The average Bonchev–Trinajstić information content (AvgIpc) is 3.51. The molecule has 0 saturated carbocycles. The van der Waals surface area contributed by atoms with Gasteiger partial charge in [0, 0.05) is 28.7 Å². The molecule has 0 N–H and O–H groups in total. The summed E-state index contributed by atoms with van der Waals surface area (Å²) < 4.78 is 14.6. The maximum Gasteiger partial charge on any atom is 0.231 e. The lowest BCUT2D eigenvalue weighted by molar-refractivity contribution is 0.102. The molecule has 1 aliphatic rings. The van der Waals surface area contributed by atoms with E-state index in [0.717, 1.165) is 28.5 Å². The Morgan fingerprint density at radius 3 is 2.68 bits per heavy atom.